The number of carbonyl (C=O) groups is 3. The van der Waals surface area contributed by atoms with Crippen molar-refractivity contribution < 1.29 is 19.1 Å². The quantitative estimate of drug-likeness (QED) is 0.226. The topological polar surface area (TPSA) is 66.9 Å². The summed E-state index contributed by atoms with van der Waals surface area (Å²) in [7, 11) is 0. The molecule has 1 heterocycles. The molecule has 6 heteroatoms. The van der Waals surface area contributed by atoms with Gasteiger partial charge in [-0.05, 0) is 123 Å². The van der Waals surface area contributed by atoms with Crippen LogP contribution in [0.3, 0.4) is 0 Å². The average molecular weight is 671 g/mol. The number of esters is 1. The summed E-state index contributed by atoms with van der Waals surface area (Å²) < 4.78 is 6.30. The molecule has 1 aromatic carbocycles. The van der Waals surface area contributed by atoms with Gasteiger partial charge in [0.15, 0.2) is 0 Å². The molecule has 1 amide bonds. The van der Waals surface area contributed by atoms with Crippen molar-refractivity contribution in [3.05, 3.63) is 48.0 Å². The van der Waals surface area contributed by atoms with E-state index in [0.717, 1.165) is 63.6 Å². The number of fused-ring (bicyclic) bond motifs is 7. The minimum Gasteiger partial charge on any atom is -0.464 e. The van der Waals surface area contributed by atoms with E-state index in [1.807, 2.05) is 35.2 Å². The summed E-state index contributed by atoms with van der Waals surface area (Å²) in [6.07, 6.45) is 10.4. The summed E-state index contributed by atoms with van der Waals surface area (Å²) in [6.45, 7) is 23.1. The minimum absolute atomic E-state index is 0.0386. The number of allylic oxidation sites excluding steroid dienone is 1. The van der Waals surface area contributed by atoms with Gasteiger partial charge in [-0.3, -0.25) is 19.3 Å². The lowest BCUT2D eigenvalue weighted by atomic mass is 9.32. The van der Waals surface area contributed by atoms with Crippen molar-refractivity contribution in [2.45, 2.75) is 106 Å². The SMILES string of the molecule is C=C(C)[C@@H]1CC[C@]2(C(=O)OCCN3CCN(C(=O)c4ccccc4)CC3)CC[C@]3(C)[C@H](CC[C@@H]4[C@@]5(C)CCC(=O)C(C)(C)[C@@H]5CC[C@]43C)[C@@H]12. The fourth-order valence-electron chi connectivity index (χ4n) is 13.6. The molecule has 6 aliphatic rings. The molecule has 5 saturated carbocycles. The van der Waals surface area contributed by atoms with Gasteiger partial charge in [-0.2, -0.15) is 0 Å². The van der Waals surface area contributed by atoms with Crippen molar-refractivity contribution in [3.8, 4) is 0 Å². The highest BCUT2D eigenvalue weighted by molar-refractivity contribution is 5.94. The van der Waals surface area contributed by atoms with E-state index in [0.29, 0.717) is 55.7 Å². The summed E-state index contributed by atoms with van der Waals surface area (Å²) in [5.41, 5.74) is 1.86. The van der Waals surface area contributed by atoms with Gasteiger partial charge < -0.3 is 9.64 Å². The van der Waals surface area contributed by atoms with Crippen LogP contribution in [0.1, 0.15) is 116 Å². The maximum absolute atomic E-state index is 14.4. The lowest BCUT2D eigenvalue weighted by Crippen LogP contribution is -2.66. The van der Waals surface area contributed by atoms with Gasteiger partial charge in [0.2, 0.25) is 0 Å². The third kappa shape index (κ3) is 5.22. The highest BCUT2D eigenvalue weighted by Gasteiger charge is 2.72. The van der Waals surface area contributed by atoms with Crippen LogP contribution in [0.2, 0.25) is 0 Å². The van der Waals surface area contributed by atoms with Gasteiger partial charge in [0.25, 0.3) is 5.91 Å². The molecular formula is C43H62N2O4. The predicted molar refractivity (Wildman–Crippen MR) is 194 cm³/mol. The monoisotopic (exact) mass is 670 g/mol. The summed E-state index contributed by atoms with van der Waals surface area (Å²) in [6, 6.07) is 9.53. The number of hydrogen-bond donors (Lipinski definition) is 0. The van der Waals surface area contributed by atoms with Crippen molar-refractivity contribution >= 4 is 17.7 Å². The van der Waals surface area contributed by atoms with E-state index in [4.69, 9.17) is 4.74 Å². The fraction of sp³-hybridized carbons (Fsp3) is 0.744. The molecule has 6 fully saturated rings. The molecule has 1 aromatic rings. The predicted octanol–water partition coefficient (Wildman–Crippen LogP) is 8.21. The largest absolute Gasteiger partial charge is 0.464 e. The molecule has 0 aromatic heterocycles. The van der Waals surface area contributed by atoms with Crippen molar-refractivity contribution in [2.75, 3.05) is 39.3 Å². The summed E-state index contributed by atoms with van der Waals surface area (Å²) >= 11 is 0. The van der Waals surface area contributed by atoms with Crippen LogP contribution in [0.4, 0.5) is 0 Å². The van der Waals surface area contributed by atoms with Gasteiger partial charge in [0, 0.05) is 50.1 Å². The number of nitrogens with zero attached hydrogens (tertiary/aromatic N) is 2. The lowest BCUT2D eigenvalue weighted by Gasteiger charge is -2.72. The molecule has 0 unspecified atom stereocenters. The average Bonchev–Trinajstić information content (AvgIpc) is 3.49. The first-order valence-electron chi connectivity index (χ1n) is 19.6. The van der Waals surface area contributed by atoms with Gasteiger partial charge in [-0.1, -0.05) is 65.0 Å². The Labute approximate surface area is 295 Å². The van der Waals surface area contributed by atoms with E-state index in [2.05, 4.69) is 53.0 Å². The molecule has 5 aliphatic carbocycles. The third-order valence-electron chi connectivity index (χ3n) is 16.5. The molecule has 0 spiro atoms. The standard InChI is InChI=1S/C43H62N2O4/c1-29(2)31-15-20-43(38(48)49-28-27-44-23-25-45(26-24-44)37(47)30-11-9-8-10-12-30)22-21-41(6)32(36(31)43)13-14-34-40(5)18-17-35(46)39(3,4)33(40)16-19-42(34,41)7/h8-12,31-34,36H,1,13-28H2,2-7H3/t31-,32+,33-,34+,36+,40-,41+,42+,43-/m0/s1. The zero-order valence-corrected chi connectivity index (χ0v) is 31.3. The van der Waals surface area contributed by atoms with Gasteiger partial charge in [-0.15, -0.1) is 0 Å². The Balaban J connectivity index is 1.05. The molecule has 268 valence electrons. The fourth-order valence-corrected chi connectivity index (χ4v) is 13.6. The molecule has 0 radical (unpaired) electrons. The Kier molecular flexibility index (Phi) is 8.80. The Bertz CT molecular complexity index is 1480. The molecule has 49 heavy (non-hydrogen) atoms. The number of rotatable bonds is 6. The number of ether oxygens (including phenoxy) is 1. The van der Waals surface area contributed by atoms with E-state index in [1.54, 1.807) is 0 Å². The van der Waals surface area contributed by atoms with Gasteiger partial charge in [0.05, 0.1) is 5.41 Å². The summed E-state index contributed by atoms with van der Waals surface area (Å²) in [5.74, 6) is 2.80. The Morgan fingerprint density at radius 2 is 1.55 bits per heavy atom. The zero-order valence-electron chi connectivity index (χ0n) is 31.3. The molecule has 1 saturated heterocycles. The minimum atomic E-state index is -0.419. The van der Waals surface area contributed by atoms with Crippen molar-refractivity contribution in [3.63, 3.8) is 0 Å². The van der Waals surface area contributed by atoms with Gasteiger partial charge >= 0.3 is 5.97 Å². The van der Waals surface area contributed by atoms with Crippen LogP contribution in [-0.4, -0.2) is 66.8 Å². The van der Waals surface area contributed by atoms with E-state index >= 15 is 0 Å². The Hall–Kier alpha value is -2.47. The van der Waals surface area contributed by atoms with Crippen LogP contribution in [0.25, 0.3) is 0 Å². The van der Waals surface area contributed by atoms with Crippen molar-refractivity contribution in [1.82, 2.24) is 9.80 Å². The van der Waals surface area contributed by atoms with Crippen LogP contribution < -0.4 is 0 Å². The second-order valence-electron chi connectivity index (χ2n) is 18.6. The second kappa shape index (κ2) is 12.3. The molecule has 0 N–H and O–H groups in total. The molecular weight excluding hydrogens is 608 g/mol. The first kappa shape index (κ1) is 35.0. The Morgan fingerprint density at radius 1 is 0.837 bits per heavy atom. The number of ketones is 1. The molecule has 6 nitrogen and oxygen atoms in total. The van der Waals surface area contributed by atoms with Gasteiger partial charge in [0.1, 0.15) is 12.4 Å². The molecule has 9 atom stereocenters. The first-order chi connectivity index (χ1) is 23.2. The van der Waals surface area contributed by atoms with Gasteiger partial charge in [-0.25, -0.2) is 0 Å². The van der Waals surface area contributed by atoms with Crippen LogP contribution in [0, 0.1) is 56.7 Å². The van der Waals surface area contributed by atoms with Crippen LogP contribution in [-0.2, 0) is 14.3 Å². The van der Waals surface area contributed by atoms with E-state index in [9.17, 15) is 14.4 Å². The van der Waals surface area contributed by atoms with E-state index < -0.39 is 5.41 Å². The van der Waals surface area contributed by atoms with Crippen LogP contribution >= 0.6 is 0 Å². The smallest absolute Gasteiger partial charge is 0.312 e. The van der Waals surface area contributed by atoms with E-state index in [1.165, 1.54) is 24.8 Å². The van der Waals surface area contributed by atoms with Crippen molar-refractivity contribution in [2.24, 2.45) is 56.7 Å². The number of hydrogen-bond acceptors (Lipinski definition) is 5. The van der Waals surface area contributed by atoms with E-state index in [-0.39, 0.29) is 39.5 Å². The van der Waals surface area contributed by atoms with Crippen molar-refractivity contribution in [1.29, 1.82) is 0 Å². The van der Waals surface area contributed by atoms with Crippen LogP contribution in [0.5, 0.6) is 0 Å². The second-order valence-corrected chi connectivity index (χ2v) is 18.6. The third-order valence-corrected chi connectivity index (χ3v) is 16.5. The molecule has 0 bridgehead atoms. The highest BCUT2D eigenvalue weighted by Crippen LogP contribution is 2.77. The molecule has 1 aliphatic heterocycles. The first-order valence-corrected chi connectivity index (χ1v) is 19.6. The van der Waals surface area contributed by atoms with Crippen LogP contribution in [0.15, 0.2) is 42.5 Å². The number of carbonyl (C=O) groups excluding carboxylic acids is 3. The zero-order chi connectivity index (χ0) is 35.0. The number of amides is 1. The number of piperazine rings is 1. The highest BCUT2D eigenvalue weighted by atomic mass is 16.5. The number of benzene rings is 1. The summed E-state index contributed by atoms with van der Waals surface area (Å²) in [4.78, 5) is 44.8. The normalized spacial score (nSPS) is 41.6. The summed E-state index contributed by atoms with van der Waals surface area (Å²) in [5, 5.41) is 0. The molecule has 7 rings (SSSR count). The lowest BCUT2D eigenvalue weighted by molar-refractivity contribution is -0.236. The number of Topliss-reactive ketones (excluding diaryl/α,β-unsaturated/α-hetero) is 1. The maximum atomic E-state index is 14.4. The Morgan fingerprint density at radius 3 is 2.24 bits per heavy atom. The maximum Gasteiger partial charge on any atom is 0.312 e.